The van der Waals surface area contributed by atoms with Crippen molar-refractivity contribution < 1.29 is 13.7 Å². The first-order chi connectivity index (χ1) is 6.57. The van der Waals surface area contributed by atoms with Gasteiger partial charge in [0.1, 0.15) is 5.69 Å². The van der Waals surface area contributed by atoms with Crippen molar-refractivity contribution in [3.8, 4) is 0 Å². The average molecular weight is 202 g/mol. The molecule has 0 aliphatic heterocycles. The van der Waals surface area contributed by atoms with Crippen molar-refractivity contribution in [2.24, 2.45) is 0 Å². The highest BCUT2D eigenvalue weighted by Gasteiger charge is 2.24. The molecule has 1 rings (SSSR count). The average Bonchev–Trinajstić information content (AvgIpc) is 2.16. The zero-order chi connectivity index (χ0) is 10.7. The molecule has 76 valence electrons. The van der Waals surface area contributed by atoms with Crippen LogP contribution in [0.5, 0.6) is 0 Å². The third-order valence-corrected chi connectivity index (χ3v) is 1.75. The van der Waals surface area contributed by atoms with Crippen molar-refractivity contribution in [1.29, 1.82) is 0 Å². The molecule has 1 aromatic rings. The summed E-state index contributed by atoms with van der Waals surface area (Å²) >= 11 is 0. The lowest BCUT2D eigenvalue weighted by molar-refractivity contribution is -0.385. The molecule has 0 aromatic heterocycles. The molecule has 0 spiro atoms. The molecule has 0 fully saturated rings. The molecule has 4 nitrogen and oxygen atoms in total. The zero-order valence-electron chi connectivity index (χ0n) is 7.33. The van der Waals surface area contributed by atoms with Crippen molar-refractivity contribution in [2.45, 2.75) is 6.43 Å². The molecule has 0 saturated heterocycles. The maximum atomic E-state index is 12.4. The first-order valence-corrected chi connectivity index (χ1v) is 3.81. The van der Waals surface area contributed by atoms with Crippen LogP contribution < -0.4 is 5.32 Å². The Labute approximate surface area is 78.7 Å². The summed E-state index contributed by atoms with van der Waals surface area (Å²) in [6.45, 7) is 0. The lowest BCUT2D eigenvalue weighted by Gasteiger charge is -2.05. The topological polar surface area (TPSA) is 55.2 Å². The van der Waals surface area contributed by atoms with Crippen molar-refractivity contribution in [2.75, 3.05) is 12.4 Å². The van der Waals surface area contributed by atoms with Gasteiger partial charge in [-0.2, -0.15) is 0 Å². The van der Waals surface area contributed by atoms with E-state index in [1.54, 1.807) is 0 Å². The van der Waals surface area contributed by atoms with E-state index in [-0.39, 0.29) is 5.69 Å². The first kappa shape index (κ1) is 10.4. The highest BCUT2D eigenvalue weighted by molar-refractivity contribution is 5.65. The second-order valence-electron chi connectivity index (χ2n) is 2.55. The van der Waals surface area contributed by atoms with Gasteiger partial charge in [0.2, 0.25) is 0 Å². The molecule has 0 radical (unpaired) electrons. The number of nitro benzene ring substituents is 1. The zero-order valence-corrected chi connectivity index (χ0v) is 7.33. The summed E-state index contributed by atoms with van der Waals surface area (Å²) < 4.78 is 24.7. The number of rotatable bonds is 3. The minimum absolute atomic E-state index is 0.0906. The van der Waals surface area contributed by atoms with Crippen LogP contribution in [0.4, 0.5) is 20.2 Å². The van der Waals surface area contributed by atoms with Gasteiger partial charge < -0.3 is 5.32 Å². The van der Waals surface area contributed by atoms with Gasteiger partial charge in [-0.25, -0.2) is 8.78 Å². The lowest BCUT2D eigenvalue weighted by Crippen LogP contribution is -2.01. The number of nitrogens with one attached hydrogen (secondary N) is 1. The Balaban J connectivity index is 3.35. The Morgan fingerprint density at radius 2 is 2.14 bits per heavy atom. The molecule has 6 heteroatoms. The Morgan fingerprint density at radius 3 is 2.57 bits per heavy atom. The van der Waals surface area contributed by atoms with Gasteiger partial charge in [-0.3, -0.25) is 10.1 Å². The molecule has 0 amide bonds. The summed E-state index contributed by atoms with van der Waals surface area (Å²) in [6, 6.07) is 3.77. The molecule has 0 heterocycles. The highest BCUT2D eigenvalue weighted by Crippen LogP contribution is 2.34. The number of benzene rings is 1. The monoisotopic (exact) mass is 202 g/mol. The normalized spacial score (nSPS) is 10.3. The summed E-state index contributed by atoms with van der Waals surface area (Å²) in [5, 5.41) is 13.0. The van der Waals surface area contributed by atoms with Crippen LogP contribution in [0.1, 0.15) is 12.0 Å². The van der Waals surface area contributed by atoms with Crippen LogP contribution in [0.25, 0.3) is 0 Å². The van der Waals surface area contributed by atoms with E-state index in [0.29, 0.717) is 0 Å². The molecule has 0 aliphatic rings. The van der Waals surface area contributed by atoms with E-state index < -0.39 is 22.6 Å². The Hall–Kier alpha value is -1.72. The molecule has 1 aromatic carbocycles. The van der Waals surface area contributed by atoms with Crippen LogP contribution in [0.2, 0.25) is 0 Å². The number of anilines is 1. The predicted molar refractivity (Wildman–Crippen MR) is 47.6 cm³/mol. The second kappa shape index (κ2) is 3.99. The fourth-order valence-electron chi connectivity index (χ4n) is 1.14. The number of hydrogen-bond acceptors (Lipinski definition) is 3. The summed E-state index contributed by atoms with van der Waals surface area (Å²) in [5.41, 5.74) is -1.04. The van der Waals surface area contributed by atoms with Crippen LogP contribution in [-0.4, -0.2) is 12.0 Å². The van der Waals surface area contributed by atoms with Crippen LogP contribution in [-0.2, 0) is 0 Å². The van der Waals surface area contributed by atoms with Gasteiger partial charge in [0.25, 0.3) is 6.43 Å². The maximum Gasteiger partial charge on any atom is 0.301 e. The van der Waals surface area contributed by atoms with E-state index in [1.165, 1.54) is 19.2 Å². The molecular formula is C8H8F2N2O2. The van der Waals surface area contributed by atoms with Gasteiger partial charge in [-0.15, -0.1) is 0 Å². The van der Waals surface area contributed by atoms with Gasteiger partial charge in [0, 0.05) is 7.05 Å². The van der Waals surface area contributed by atoms with Crippen LogP contribution in [0.3, 0.4) is 0 Å². The molecule has 0 atom stereocenters. The number of para-hydroxylation sites is 1. The van der Waals surface area contributed by atoms with Crippen LogP contribution in [0.15, 0.2) is 18.2 Å². The Kier molecular flexibility index (Phi) is 2.95. The minimum atomic E-state index is -2.84. The van der Waals surface area contributed by atoms with Gasteiger partial charge in [-0.05, 0) is 12.1 Å². The summed E-state index contributed by atoms with van der Waals surface area (Å²) in [4.78, 5) is 9.73. The first-order valence-electron chi connectivity index (χ1n) is 3.81. The van der Waals surface area contributed by atoms with Crippen LogP contribution in [0, 0.1) is 10.1 Å². The van der Waals surface area contributed by atoms with Gasteiger partial charge in [-0.1, -0.05) is 6.07 Å². The molecule has 0 aliphatic carbocycles. The number of halogens is 2. The maximum absolute atomic E-state index is 12.4. The quantitative estimate of drug-likeness (QED) is 0.605. The van der Waals surface area contributed by atoms with E-state index in [2.05, 4.69) is 5.32 Å². The van der Waals surface area contributed by atoms with Crippen molar-refractivity contribution >= 4 is 11.4 Å². The minimum Gasteiger partial charge on any atom is -0.383 e. The van der Waals surface area contributed by atoms with Crippen molar-refractivity contribution in [3.63, 3.8) is 0 Å². The van der Waals surface area contributed by atoms with E-state index in [9.17, 15) is 18.9 Å². The van der Waals surface area contributed by atoms with E-state index in [0.717, 1.165) is 6.07 Å². The number of nitro groups is 1. The molecule has 0 unspecified atom stereocenters. The second-order valence-corrected chi connectivity index (χ2v) is 2.55. The molecule has 1 N–H and O–H groups in total. The molecule has 0 bridgehead atoms. The number of hydrogen-bond donors (Lipinski definition) is 1. The number of alkyl halides is 2. The standard InChI is InChI=1S/C8H8F2N2O2/c1-11-6-4-2-3-5(8(9)10)7(6)12(13)14/h2-4,8,11H,1H3. The van der Waals surface area contributed by atoms with E-state index in [4.69, 9.17) is 0 Å². The smallest absolute Gasteiger partial charge is 0.301 e. The van der Waals surface area contributed by atoms with Gasteiger partial charge in [0.05, 0.1) is 10.5 Å². The Morgan fingerprint density at radius 1 is 1.50 bits per heavy atom. The SMILES string of the molecule is CNc1cccc(C(F)F)c1[N+](=O)[O-]. The van der Waals surface area contributed by atoms with E-state index >= 15 is 0 Å². The third kappa shape index (κ3) is 1.78. The molecule has 14 heavy (non-hydrogen) atoms. The van der Waals surface area contributed by atoms with Crippen LogP contribution >= 0.6 is 0 Å². The predicted octanol–water partition coefficient (Wildman–Crippen LogP) is 2.57. The Bertz CT molecular complexity index is 355. The fraction of sp³-hybridized carbons (Fsp3) is 0.250. The molecular weight excluding hydrogens is 194 g/mol. The summed E-state index contributed by atoms with van der Waals surface area (Å²) in [7, 11) is 1.44. The fourth-order valence-corrected chi connectivity index (χ4v) is 1.14. The van der Waals surface area contributed by atoms with E-state index in [1.807, 2.05) is 0 Å². The summed E-state index contributed by atoms with van der Waals surface area (Å²) in [6.07, 6.45) is -2.84. The summed E-state index contributed by atoms with van der Waals surface area (Å²) in [5.74, 6) is 0. The van der Waals surface area contributed by atoms with Gasteiger partial charge >= 0.3 is 5.69 Å². The van der Waals surface area contributed by atoms with Gasteiger partial charge in [0.15, 0.2) is 0 Å². The molecule has 0 saturated carbocycles. The number of nitrogens with zero attached hydrogens (tertiary/aromatic N) is 1. The highest BCUT2D eigenvalue weighted by atomic mass is 19.3. The van der Waals surface area contributed by atoms with Crippen molar-refractivity contribution in [3.05, 3.63) is 33.9 Å². The largest absolute Gasteiger partial charge is 0.383 e. The van der Waals surface area contributed by atoms with Crippen molar-refractivity contribution in [1.82, 2.24) is 0 Å². The third-order valence-electron chi connectivity index (χ3n) is 1.75. The lowest BCUT2D eigenvalue weighted by atomic mass is 10.1.